The Morgan fingerprint density at radius 2 is 2.00 bits per heavy atom. The van der Waals surface area contributed by atoms with E-state index in [2.05, 4.69) is 0 Å². The third-order valence-electron chi connectivity index (χ3n) is 2.54. The molecule has 1 aromatic rings. The number of hydrogen-bond donors (Lipinski definition) is 1. The molecule has 0 radical (unpaired) electrons. The Balaban J connectivity index is 2.81. The standard InChI is InChI=1S/C11H12O3S/c1-7-6-15(13,14)10-5-3-4-9(8(2)12)11(7)10/h3-6,8,12H,1-2H3. The molecule has 3 nitrogen and oxygen atoms in total. The summed E-state index contributed by atoms with van der Waals surface area (Å²) in [5.41, 5.74) is 2.02. The summed E-state index contributed by atoms with van der Waals surface area (Å²) >= 11 is 0. The Morgan fingerprint density at radius 3 is 2.60 bits per heavy atom. The summed E-state index contributed by atoms with van der Waals surface area (Å²) in [6.07, 6.45) is -0.656. The summed E-state index contributed by atoms with van der Waals surface area (Å²) < 4.78 is 23.4. The number of allylic oxidation sites excluding steroid dienone is 1. The lowest BCUT2D eigenvalue weighted by Crippen LogP contribution is -1.99. The Morgan fingerprint density at radius 1 is 1.33 bits per heavy atom. The Labute approximate surface area is 89.0 Å². The summed E-state index contributed by atoms with van der Waals surface area (Å²) in [6, 6.07) is 4.98. The minimum atomic E-state index is -3.28. The van der Waals surface area contributed by atoms with Gasteiger partial charge in [0.2, 0.25) is 9.84 Å². The van der Waals surface area contributed by atoms with Crippen LogP contribution in [0.15, 0.2) is 28.5 Å². The molecule has 80 valence electrons. The number of benzene rings is 1. The second-order valence-electron chi connectivity index (χ2n) is 3.74. The second-order valence-corrected chi connectivity index (χ2v) is 5.51. The summed E-state index contributed by atoms with van der Waals surface area (Å²) in [7, 11) is -3.28. The van der Waals surface area contributed by atoms with E-state index in [-0.39, 0.29) is 0 Å². The topological polar surface area (TPSA) is 54.4 Å². The minimum absolute atomic E-state index is 0.304. The number of rotatable bonds is 1. The fourth-order valence-electron chi connectivity index (χ4n) is 1.91. The van der Waals surface area contributed by atoms with Crippen LogP contribution in [0.3, 0.4) is 0 Å². The van der Waals surface area contributed by atoms with Gasteiger partial charge in [-0.2, -0.15) is 0 Å². The Hall–Kier alpha value is -1.13. The van der Waals surface area contributed by atoms with Crippen molar-refractivity contribution in [3.63, 3.8) is 0 Å². The zero-order chi connectivity index (χ0) is 11.2. The highest BCUT2D eigenvalue weighted by molar-refractivity contribution is 7.95. The molecule has 0 fully saturated rings. The molecule has 0 saturated carbocycles. The predicted octanol–water partition coefficient (Wildman–Crippen LogP) is 1.89. The molecule has 0 bridgehead atoms. The Bertz CT molecular complexity index is 539. The Kier molecular flexibility index (Phi) is 2.20. The first-order chi connectivity index (χ1) is 6.93. The average molecular weight is 224 g/mol. The van der Waals surface area contributed by atoms with Gasteiger partial charge in [0.05, 0.1) is 11.0 Å². The maximum atomic E-state index is 11.7. The zero-order valence-electron chi connectivity index (χ0n) is 8.56. The van der Waals surface area contributed by atoms with E-state index in [9.17, 15) is 13.5 Å². The third-order valence-corrected chi connectivity index (χ3v) is 4.16. The van der Waals surface area contributed by atoms with Crippen LogP contribution < -0.4 is 0 Å². The van der Waals surface area contributed by atoms with Crippen LogP contribution in [-0.4, -0.2) is 13.5 Å². The van der Waals surface area contributed by atoms with Crippen LogP contribution in [0.25, 0.3) is 5.57 Å². The molecular formula is C11H12O3S. The zero-order valence-corrected chi connectivity index (χ0v) is 9.38. The van der Waals surface area contributed by atoms with Crippen molar-refractivity contribution < 1.29 is 13.5 Å². The second kappa shape index (κ2) is 3.18. The van der Waals surface area contributed by atoms with Crippen LogP contribution in [0.1, 0.15) is 31.1 Å². The molecule has 1 atom stereocenters. The molecule has 0 aromatic heterocycles. The van der Waals surface area contributed by atoms with Gasteiger partial charge in [-0.1, -0.05) is 12.1 Å². The SMILES string of the molecule is CC1=CS(=O)(=O)c2cccc(C(C)O)c21. The predicted molar refractivity (Wildman–Crippen MR) is 57.9 cm³/mol. The van der Waals surface area contributed by atoms with Crippen molar-refractivity contribution in [1.82, 2.24) is 0 Å². The van der Waals surface area contributed by atoms with Gasteiger partial charge < -0.3 is 5.11 Å². The van der Waals surface area contributed by atoms with Crippen LogP contribution in [0.5, 0.6) is 0 Å². The highest BCUT2D eigenvalue weighted by atomic mass is 32.2. The molecule has 0 spiro atoms. The maximum Gasteiger partial charge on any atom is 0.200 e. The first kappa shape index (κ1) is 10.4. The van der Waals surface area contributed by atoms with Crippen molar-refractivity contribution in [3.8, 4) is 0 Å². The summed E-state index contributed by atoms with van der Waals surface area (Å²) in [4.78, 5) is 0.304. The molecule has 4 heteroatoms. The number of hydrogen-bond acceptors (Lipinski definition) is 3. The molecule has 1 heterocycles. The van der Waals surface area contributed by atoms with Gasteiger partial charge in [0.25, 0.3) is 0 Å². The first-order valence-corrected chi connectivity index (χ1v) is 6.23. The van der Waals surface area contributed by atoms with Crippen molar-refractivity contribution in [2.75, 3.05) is 0 Å². The number of aliphatic hydroxyl groups is 1. The van der Waals surface area contributed by atoms with Crippen LogP contribution in [0, 0.1) is 0 Å². The molecule has 1 N–H and O–H groups in total. The van der Waals surface area contributed by atoms with Gasteiger partial charge in [0.15, 0.2) is 0 Å². The van der Waals surface area contributed by atoms with Gasteiger partial charge >= 0.3 is 0 Å². The van der Waals surface area contributed by atoms with Crippen LogP contribution in [0.2, 0.25) is 0 Å². The maximum absolute atomic E-state index is 11.7. The summed E-state index contributed by atoms with van der Waals surface area (Å²) in [6.45, 7) is 3.38. The molecular weight excluding hydrogens is 212 g/mol. The average Bonchev–Trinajstić information content (AvgIpc) is 2.37. The molecule has 1 aliphatic heterocycles. The molecule has 2 rings (SSSR count). The van der Waals surface area contributed by atoms with Crippen LogP contribution >= 0.6 is 0 Å². The molecule has 1 aromatic carbocycles. The van der Waals surface area contributed by atoms with Crippen molar-refractivity contribution in [2.45, 2.75) is 24.8 Å². The fourth-order valence-corrected chi connectivity index (χ4v) is 3.45. The highest BCUT2D eigenvalue weighted by Crippen LogP contribution is 2.37. The quantitative estimate of drug-likeness (QED) is 0.792. The van der Waals surface area contributed by atoms with Crippen molar-refractivity contribution in [3.05, 3.63) is 34.7 Å². The normalized spacial score (nSPS) is 19.5. The van der Waals surface area contributed by atoms with E-state index in [1.54, 1.807) is 32.0 Å². The lowest BCUT2D eigenvalue weighted by atomic mass is 9.99. The number of aliphatic hydroxyl groups excluding tert-OH is 1. The van der Waals surface area contributed by atoms with E-state index < -0.39 is 15.9 Å². The van der Waals surface area contributed by atoms with Crippen molar-refractivity contribution in [2.24, 2.45) is 0 Å². The molecule has 0 saturated heterocycles. The highest BCUT2D eigenvalue weighted by Gasteiger charge is 2.27. The van der Waals surface area contributed by atoms with Gasteiger partial charge in [-0.25, -0.2) is 8.42 Å². The van der Waals surface area contributed by atoms with E-state index >= 15 is 0 Å². The first-order valence-electron chi connectivity index (χ1n) is 4.68. The van der Waals surface area contributed by atoms with E-state index in [0.717, 1.165) is 0 Å². The summed E-state index contributed by atoms with van der Waals surface area (Å²) in [5.74, 6) is 0. The van der Waals surface area contributed by atoms with Gasteiger partial charge in [-0.3, -0.25) is 0 Å². The van der Waals surface area contributed by atoms with E-state index in [1.165, 1.54) is 5.41 Å². The van der Waals surface area contributed by atoms with Crippen molar-refractivity contribution >= 4 is 15.4 Å². The molecule has 0 aliphatic carbocycles. The lowest BCUT2D eigenvalue weighted by Gasteiger charge is -2.11. The minimum Gasteiger partial charge on any atom is -0.389 e. The molecule has 1 aliphatic rings. The number of sulfone groups is 1. The lowest BCUT2D eigenvalue weighted by molar-refractivity contribution is 0.198. The monoisotopic (exact) mass is 224 g/mol. The van der Waals surface area contributed by atoms with E-state index in [4.69, 9.17) is 0 Å². The van der Waals surface area contributed by atoms with Crippen LogP contribution in [0.4, 0.5) is 0 Å². The molecule has 0 amide bonds. The van der Waals surface area contributed by atoms with Gasteiger partial charge in [-0.15, -0.1) is 0 Å². The van der Waals surface area contributed by atoms with Gasteiger partial charge in [-0.05, 0) is 31.1 Å². The number of fused-ring (bicyclic) bond motifs is 1. The fraction of sp³-hybridized carbons (Fsp3) is 0.273. The van der Waals surface area contributed by atoms with E-state index in [0.29, 0.717) is 21.6 Å². The van der Waals surface area contributed by atoms with Gasteiger partial charge in [0.1, 0.15) is 0 Å². The largest absolute Gasteiger partial charge is 0.389 e. The molecule has 15 heavy (non-hydrogen) atoms. The molecule has 1 unspecified atom stereocenters. The summed E-state index contributed by atoms with van der Waals surface area (Å²) in [5, 5.41) is 10.8. The smallest absolute Gasteiger partial charge is 0.200 e. The van der Waals surface area contributed by atoms with E-state index in [1.807, 2.05) is 0 Å². The van der Waals surface area contributed by atoms with Crippen molar-refractivity contribution in [1.29, 1.82) is 0 Å². The van der Waals surface area contributed by atoms with Gasteiger partial charge in [0, 0.05) is 11.0 Å². The third kappa shape index (κ3) is 1.50. The van der Waals surface area contributed by atoms with Crippen LogP contribution in [-0.2, 0) is 9.84 Å².